The van der Waals surface area contributed by atoms with Crippen molar-refractivity contribution in [2.45, 2.75) is 24.9 Å². The highest BCUT2D eigenvalue weighted by Gasteiger charge is 2.30. The van der Waals surface area contributed by atoms with Gasteiger partial charge in [0.15, 0.2) is 0 Å². The van der Waals surface area contributed by atoms with E-state index in [0.29, 0.717) is 27.5 Å². The van der Waals surface area contributed by atoms with Gasteiger partial charge in [-0.25, -0.2) is 9.50 Å². The Morgan fingerprint density at radius 1 is 1.13 bits per heavy atom. The minimum atomic E-state index is -4.37. The van der Waals surface area contributed by atoms with Gasteiger partial charge in [-0.1, -0.05) is 12.1 Å². The highest BCUT2D eigenvalue weighted by atomic mass is 32.1. The van der Waals surface area contributed by atoms with Crippen molar-refractivity contribution in [3.8, 4) is 21.8 Å². The van der Waals surface area contributed by atoms with Gasteiger partial charge in [-0.05, 0) is 38.1 Å². The van der Waals surface area contributed by atoms with E-state index in [1.807, 2.05) is 0 Å². The van der Waals surface area contributed by atoms with E-state index in [-0.39, 0.29) is 11.5 Å². The maximum Gasteiger partial charge on any atom is 0.416 e. The molecule has 6 nitrogen and oxygen atoms in total. The van der Waals surface area contributed by atoms with E-state index in [9.17, 15) is 18.0 Å². The Bertz CT molecular complexity index is 1280. The number of nitrogens with zero attached hydrogens (tertiary/aromatic N) is 3. The summed E-state index contributed by atoms with van der Waals surface area (Å²) in [5.41, 5.74) is 2.43. The number of halogens is 3. The number of alkyl halides is 3. The molecule has 3 aromatic heterocycles. The zero-order valence-electron chi connectivity index (χ0n) is 16.2. The number of rotatable bonds is 3. The molecule has 2 N–H and O–H groups in total. The molecule has 1 saturated heterocycles. The third-order valence-corrected chi connectivity index (χ3v) is 6.41. The third-order valence-electron chi connectivity index (χ3n) is 5.53. The maximum absolute atomic E-state index is 12.8. The van der Waals surface area contributed by atoms with Crippen LogP contribution in [0.4, 0.5) is 13.2 Å². The first-order valence-corrected chi connectivity index (χ1v) is 10.7. The van der Waals surface area contributed by atoms with E-state index in [1.165, 1.54) is 23.5 Å². The molecule has 5 rings (SSSR count). The average Bonchev–Trinajstić information content (AvgIpc) is 3.40. The summed E-state index contributed by atoms with van der Waals surface area (Å²) in [6.45, 7) is 1.80. The van der Waals surface area contributed by atoms with Crippen LogP contribution < -0.4 is 10.9 Å². The standard InChI is InChI=1S/C21H18F3N5OS/c22-21(23,24)14-3-1-12(2-4-14)16-11-31-20(27-16)15-10-26-29-17(9-18(30)28-19(15)29)13-5-7-25-8-6-13/h1-4,9-11,13,25H,5-8H2,(H,28,30). The van der Waals surface area contributed by atoms with Gasteiger partial charge in [0, 0.05) is 22.9 Å². The Labute approximate surface area is 178 Å². The second-order valence-corrected chi connectivity index (χ2v) is 8.37. The molecule has 0 unspecified atom stereocenters. The molecule has 10 heteroatoms. The molecular weight excluding hydrogens is 427 g/mol. The SMILES string of the molecule is O=c1cc(C2CCNCC2)n2ncc(-c3nc(-c4ccc(C(F)(F)F)cc4)cs3)c2[nH]1. The molecule has 0 atom stereocenters. The molecule has 4 heterocycles. The van der Waals surface area contributed by atoms with E-state index >= 15 is 0 Å². The molecule has 0 saturated carbocycles. The van der Waals surface area contributed by atoms with Crippen LogP contribution in [0.3, 0.4) is 0 Å². The van der Waals surface area contributed by atoms with Gasteiger partial charge in [0.25, 0.3) is 5.56 Å². The summed E-state index contributed by atoms with van der Waals surface area (Å²) in [6, 6.07) is 6.53. The number of piperidine rings is 1. The molecule has 0 radical (unpaired) electrons. The highest BCUT2D eigenvalue weighted by Crippen LogP contribution is 2.34. The number of thiazole rings is 1. The molecule has 1 aliphatic rings. The fourth-order valence-electron chi connectivity index (χ4n) is 3.94. The predicted octanol–water partition coefficient (Wildman–Crippen LogP) is 4.30. The smallest absolute Gasteiger partial charge is 0.317 e. The quantitative estimate of drug-likeness (QED) is 0.493. The van der Waals surface area contributed by atoms with Crippen molar-refractivity contribution in [3.05, 3.63) is 63.5 Å². The van der Waals surface area contributed by atoms with Gasteiger partial charge in [0.2, 0.25) is 0 Å². The summed E-state index contributed by atoms with van der Waals surface area (Å²) in [5.74, 6) is 0.248. The van der Waals surface area contributed by atoms with Crippen LogP contribution in [0.15, 0.2) is 46.7 Å². The van der Waals surface area contributed by atoms with Crippen molar-refractivity contribution in [3.63, 3.8) is 0 Å². The van der Waals surface area contributed by atoms with Crippen molar-refractivity contribution in [2.75, 3.05) is 13.1 Å². The summed E-state index contributed by atoms with van der Waals surface area (Å²) in [7, 11) is 0. The summed E-state index contributed by atoms with van der Waals surface area (Å²) in [5, 5.41) is 10.3. The van der Waals surface area contributed by atoms with Gasteiger partial charge < -0.3 is 10.3 Å². The number of hydrogen-bond donors (Lipinski definition) is 2. The van der Waals surface area contributed by atoms with Crippen molar-refractivity contribution in [1.29, 1.82) is 0 Å². The van der Waals surface area contributed by atoms with Crippen LogP contribution in [0.5, 0.6) is 0 Å². The van der Waals surface area contributed by atoms with Crippen LogP contribution in [0.2, 0.25) is 0 Å². The number of aromatic nitrogens is 4. The number of H-pyrrole nitrogens is 1. The number of aromatic amines is 1. The average molecular weight is 445 g/mol. The monoisotopic (exact) mass is 445 g/mol. The molecule has 1 aliphatic heterocycles. The third kappa shape index (κ3) is 3.77. The van der Waals surface area contributed by atoms with E-state index in [4.69, 9.17) is 0 Å². The van der Waals surface area contributed by atoms with Gasteiger partial charge in [0.05, 0.1) is 28.7 Å². The van der Waals surface area contributed by atoms with Crippen LogP contribution in [-0.2, 0) is 6.18 Å². The van der Waals surface area contributed by atoms with E-state index in [2.05, 4.69) is 20.4 Å². The summed E-state index contributed by atoms with van der Waals surface area (Å²) >= 11 is 1.36. The minimum Gasteiger partial charge on any atom is -0.317 e. The molecule has 31 heavy (non-hydrogen) atoms. The van der Waals surface area contributed by atoms with Crippen LogP contribution >= 0.6 is 11.3 Å². The molecule has 0 amide bonds. The normalized spacial score (nSPS) is 15.6. The Morgan fingerprint density at radius 3 is 2.58 bits per heavy atom. The van der Waals surface area contributed by atoms with Crippen molar-refractivity contribution in [2.24, 2.45) is 0 Å². The van der Waals surface area contributed by atoms with Gasteiger partial charge >= 0.3 is 6.18 Å². The summed E-state index contributed by atoms with van der Waals surface area (Å²) in [4.78, 5) is 19.8. The fraction of sp³-hybridized carbons (Fsp3) is 0.286. The van der Waals surface area contributed by atoms with Crippen molar-refractivity contribution >= 4 is 17.0 Å². The molecule has 0 aliphatic carbocycles. The van der Waals surface area contributed by atoms with E-state index in [1.54, 1.807) is 22.2 Å². The van der Waals surface area contributed by atoms with Gasteiger partial charge in [-0.3, -0.25) is 4.79 Å². The first-order valence-electron chi connectivity index (χ1n) is 9.85. The predicted molar refractivity (Wildman–Crippen MR) is 112 cm³/mol. The van der Waals surface area contributed by atoms with Crippen molar-refractivity contribution < 1.29 is 13.2 Å². The lowest BCUT2D eigenvalue weighted by molar-refractivity contribution is -0.137. The molecule has 0 spiro atoms. The number of hydrogen-bond acceptors (Lipinski definition) is 5. The Kier molecular flexibility index (Phi) is 4.90. The molecular formula is C21H18F3N5OS. The lowest BCUT2D eigenvalue weighted by atomic mass is 9.94. The maximum atomic E-state index is 12.8. The van der Waals surface area contributed by atoms with Crippen LogP contribution in [0, 0.1) is 0 Å². The lowest BCUT2D eigenvalue weighted by Crippen LogP contribution is -2.28. The van der Waals surface area contributed by atoms with Gasteiger partial charge in [-0.2, -0.15) is 18.3 Å². The number of fused-ring (bicyclic) bond motifs is 1. The van der Waals surface area contributed by atoms with Crippen molar-refractivity contribution in [1.82, 2.24) is 24.9 Å². The minimum absolute atomic E-state index is 0.192. The van der Waals surface area contributed by atoms with E-state index < -0.39 is 11.7 Å². The van der Waals surface area contributed by atoms with Crippen LogP contribution in [0.25, 0.3) is 27.5 Å². The molecule has 1 aromatic carbocycles. The molecule has 4 aromatic rings. The largest absolute Gasteiger partial charge is 0.416 e. The van der Waals surface area contributed by atoms with Crippen LogP contribution in [0.1, 0.15) is 30.0 Å². The fourth-order valence-corrected chi connectivity index (χ4v) is 4.78. The topological polar surface area (TPSA) is 75.1 Å². The highest BCUT2D eigenvalue weighted by molar-refractivity contribution is 7.13. The number of nitrogens with one attached hydrogen (secondary N) is 2. The summed E-state index contributed by atoms with van der Waals surface area (Å²) < 4.78 is 40.2. The number of benzene rings is 1. The van der Waals surface area contributed by atoms with Gasteiger partial charge in [-0.15, -0.1) is 11.3 Å². The Balaban J connectivity index is 1.52. The van der Waals surface area contributed by atoms with Gasteiger partial charge in [0.1, 0.15) is 10.7 Å². The first-order chi connectivity index (χ1) is 14.9. The Hall–Kier alpha value is -2.98. The van der Waals surface area contributed by atoms with E-state index in [0.717, 1.165) is 43.8 Å². The Morgan fingerprint density at radius 2 is 1.87 bits per heavy atom. The second-order valence-electron chi connectivity index (χ2n) is 7.51. The van der Waals surface area contributed by atoms with Crippen LogP contribution in [-0.4, -0.2) is 32.7 Å². The second kappa shape index (κ2) is 7.61. The lowest BCUT2D eigenvalue weighted by Gasteiger charge is -2.23. The first kappa shape index (κ1) is 20.0. The molecule has 1 fully saturated rings. The zero-order chi connectivity index (χ0) is 21.6. The summed E-state index contributed by atoms with van der Waals surface area (Å²) in [6.07, 6.45) is -0.835. The molecule has 0 bridgehead atoms. The molecule has 160 valence electrons. The zero-order valence-corrected chi connectivity index (χ0v) is 17.1.